The van der Waals surface area contributed by atoms with Crippen molar-refractivity contribution in [2.45, 2.75) is 26.7 Å². The Hall–Kier alpha value is -1.32. The fourth-order valence-corrected chi connectivity index (χ4v) is 2.34. The van der Waals surface area contributed by atoms with Gasteiger partial charge in [0.2, 0.25) is 0 Å². The zero-order chi connectivity index (χ0) is 14.0. The highest BCUT2D eigenvalue weighted by Crippen LogP contribution is 2.26. The van der Waals surface area contributed by atoms with E-state index in [1.807, 2.05) is 26.0 Å². The first-order valence-corrected chi connectivity index (χ1v) is 6.83. The van der Waals surface area contributed by atoms with Crippen molar-refractivity contribution in [2.24, 2.45) is 0 Å². The van der Waals surface area contributed by atoms with Gasteiger partial charge in [0.15, 0.2) is 6.29 Å². The van der Waals surface area contributed by atoms with Gasteiger partial charge in [-0.15, -0.1) is 0 Å². The minimum absolute atomic E-state index is 0.332. The van der Waals surface area contributed by atoms with Crippen LogP contribution in [-0.2, 0) is 6.42 Å². The summed E-state index contributed by atoms with van der Waals surface area (Å²) in [7, 11) is 0. The van der Waals surface area contributed by atoms with Crippen LogP contribution in [0.25, 0.3) is 5.69 Å². The summed E-state index contributed by atoms with van der Waals surface area (Å²) in [5, 5.41) is 5.38. The molecule has 0 aliphatic heterocycles. The Labute approximate surface area is 122 Å². The maximum atomic E-state index is 11.1. The van der Waals surface area contributed by atoms with E-state index in [4.69, 9.17) is 23.2 Å². The molecule has 1 aromatic carbocycles. The van der Waals surface area contributed by atoms with E-state index in [9.17, 15) is 4.79 Å². The number of hydrogen-bond acceptors (Lipinski definition) is 2. The lowest BCUT2D eigenvalue weighted by atomic mass is 10.2. The number of hydrogen-bond donors (Lipinski definition) is 0. The monoisotopic (exact) mass is 296 g/mol. The van der Waals surface area contributed by atoms with Crippen molar-refractivity contribution in [3.63, 3.8) is 0 Å². The lowest BCUT2D eigenvalue weighted by molar-refractivity contribution is 0.112. The SMILES string of the molecule is CCCc1nn(-c2ccc(C)c(Cl)c2)c(Cl)c1C=O. The maximum absolute atomic E-state index is 11.1. The van der Waals surface area contributed by atoms with E-state index in [0.717, 1.165) is 36.1 Å². The molecular weight excluding hydrogens is 283 g/mol. The number of aldehydes is 1. The molecule has 0 fully saturated rings. The molecule has 0 saturated heterocycles. The van der Waals surface area contributed by atoms with Gasteiger partial charge < -0.3 is 0 Å². The Morgan fingerprint density at radius 3 is 2.68 bits per heavy atom. The summed E-state index contributed by atoms with van der Waals surface area (Å²) >= 11 is 12.3. The third-order valence-corrected chi connectivity index (χ3v) is 3.72. The van der Waals surface area contributed by atoms with Gasteiger partial charge in [0.25, 0.3) is 0 Å². The Morgan fingerprint density at radius 1 is 1.37 bits per heavy atom. The number of aromatic nitrogens is 2. The van der Waals surface area contributed by atoms with E-state index in [-0.39, 0.29) is 0 Å². The topological polar surface area (TPSA) is 34.9 Å². The number of rotatable bonds is 4. The second-order valence-corrected chi connectivity index (χ2v) is 5.13. The fourth-order valence-electron chi connectivity index (χ4n) is 1.87. The predicted octanol–water partition coefficient (Wildman–Crippen LogP) is 4.25. The van der Waals surface area contributed by atoms with Crippen LogP contribution in [0.4, 0.5) is 0 Å². The summed E-state index contributed by atoms with van der Waals surface area (Å²) in [6.45, 7) is 3.96. The van der Waals surface area contributed by atoms with Gasteiger partial charge in [0.1, 0.15) is 5.15 Å². The van der Waals surface area contributed by atoms with Crippen molar-refractivity contribution in [1.29, 1.82) is 0 Å². The third-order valence-electron chi connectivity index (χ3n) is 2.94. The van der Waals surface area contributed by atoms with E-state index in [0.29, 0.717) is 15.7 Å². The normalized spacial score (nSPS) is 10.7. The highest BCUT2D eigenvalue weighted by Gasteiger charge is 2.16. The highest BCUT2D eigenvalue weighted by molar-refractivity contribution is 6.32. The molecule has 1 heterocycles. The van der Waals surface area contributed by atoms with E-state index in [2.05, 4.69) is 5.10 Å². The van der Waals surface area contributed by atoms with Gasteiger partial charge in [-0.2, -0.15) is 5.10 Å². The van der Waals surface area contributed by atoms with Crippen molar-refractivity contribution < 1.29 is 4.79 Å². The van der Waals surface area contributed by atoms with Crippen LogP contribution in [0.2, 0.25) is 10.2 Å². The molecule has 0 unspecified atom stereocenters. The fraction of sp³-hybridized carbons (Fsp3) is 0.286. The number of halogens is 2. The van der Waals surface area contributed by atoms with Gasteiger partial charge in [-0.3, -0.25) is 4.79 Å². The molecule has 0 aliphatic carbocycles. The zero-order valence-corrected chi connectivity index (χ0v) is 12.3. The molecule has 0 bridgehead atoms. The quantitative estimate of drug-likeness (QED) is 0.791. The lowest BCUT2D eigenvalue weighted by Crippen LogP contribution is -1.98. The molecule has 0 radical (unpaired) electrons. The summed E-state index contributed by atoms with van der Waals surface area (Å²) in [5.41, 5.74) is 2.92. The molecule has 5 heteroatoms. The molecule has 19 heavy (non-hydrogen) atoms. The molecule has 0 N–H and O–H groups in total. The molecule has 2 aromatic rings. The van der Waals surface area contributed by atoms with Crippen molar-refractivity contribution in [1.82, 2.24) is 9.78 Å². The van der Waals surface area contributed by atoms with Crippen LogP contribution in [0, 0.1) is 6.92 Å². The molecular formula is C14H14Cl2N2O. The second kappa shape index (κ2) is 5.76. The summed E-state index contributed by atoms with van der Waals surface area (Å²) in [5.74, 6) is 0. The van der Waals surface area contributed by atoms with Crippen molar-refractivity contribution in [3.8, 4) is 5.69 Å². The number of carbonyl (C=O) groups excluding carboxylic acids is 1. The first-order chi connectivity index (χ1) is 9.08. The van der Waals surface area contributed by atoms with E-state index >= 15 is 0 Å². The number of carbonyl (C=O) groups is 1. The van der Waals surface area contributed by atoms with Crippen LogP contribution in [0.3, 0.4) is 0 Å². The molecule has 0 amide bonds. The van der Waals surface area contributed by atoms with Gasteiger partial charge in [-0.25, -0.2) is 4.68 Å². The predicted molar refractivity (Wildman–Crippen MR) is 77.7 cm³/mol. The Bertz CT molecular complexity index is 620. The largest absolute Gasteiger partial charge is 0.298 e. The van der Waals surface area contributed by atoms with E-state index in [1.165, 1.54) is 0 Å². The van der Waals surface area contributed by atoms with Gasteiger partial charge >= 0.3 is 0 Å². The first kappa shape index (κ1) is 14.1. The zero-order valence-electron chi connectivity index (χ0n) is 10.8. The molecule has 100 valence electrons. The van der Waals surface area contributed by atoms with E-state index < -0.39 is 0 Å². The Balaban J connectivity index is 2.55. The third kappa shape index (κ3) is 2.67. The van der Waals surface area contributed by atoms with Crippen LogP contribution in [-0.4, -0.2) is 16.1 Å². The molecule has 1 aromatic heterocycles. The minimum Gasteiger partial charge on any atom is -0.298 e. The van der Waals surface area contributed by atoms with Gasteiger partial charge in [-0.1, -0.05) is 42.6 Å². The smallest absolute Gasteiger partial charge is 0.155 e. The second-order valence-electron chi connectivity index (χ2n) is 4.36. The molecule has 0 spiro atoms. The standard InChI is InChI=1S/C14H14Cl2N2O/c1-3-4-13-11(8-19)14(16)18(17-13)10-6-5-9(2)12(15)7-10/h5-8H,3-4H2,1-2H3. The van der Waals surface area contributed by atoms with Crippen LogP contribution >= 0.6 is 23.2 Å². The molecule has 2 rings (SSSR count). The first-order valence-electron chi connectivity index (χ1n) is 6.07. The van der Waals surface area contributed by atoms with Crippen LogP contribution in [0.5, 0.6) is 0 Å². The average molecular weight is 297 g/mol. The van der Waals surface area contributed by atoms with Gasteiger partial charge in [0, 0.05) is 5.02 Å². The molecule has 0 saturated carbocycles. The lowest BCUT2D eigenvalue weighted by Gasteiger charge is -2.05. The van der Waals surface area contributed by atoms with Crippen LogP contribution in [0.15, 0.2) is 18.2 Å². The molecule has 3 nitrogen and oxygen atoms in total. The van der Waals surface area contributed by atoms with E-state index in [1.54, 1.807) is 10.7 Å². The highest BCUT2D eigenvalue weighted by atomic mass is 35.5. The molecule has 0 atom stereocenters. The Morgan fingerprint density at radius 2 is 2.11 bits per heavy atom. The average Bonchev–Trinajstić information content (AvgIpc) is 2.70. The van der Waals surface area contributed by atoms with Gasteiger partial charge in [-0.05, 0) is 31.0 Å². The summed E-state index contributed by atoms with van der Waals surface area (Å²) in [4.78, 5) is 11.1. The minimum atomic E-state index is 0.332. The van der Waals surface area contributed by atoms with Crippen molar-refractivity contribution >= 4 is 29.5 Å². The molecule has 0 aliphatic rings. The van der Waals surface area contributed by atoms with Gasteiger partial charge in [0.05, 0.1) is 16.9 Å². The summed E-state index contributed by atoms with van der Waals surface area (Å²) < 4.78 is 1.56. The Kier molecular flexibility index (Phi) is 4.27. The summed E-state index contributed by atoms with van der Waals surface area (Å²) in [6, 6.07) is 5.57. The summed E-state index contributed by atoms with van der Waals surface area (Å²) in [6.07, 6.45) is 2.38. The van der Waals surface area contributed by atoms with Crippen molar-refractivity contribution in [3.05, 3.63) is 45.2 Å². The van der Waals surface area contributed by atoms with Crippen LogP contribution < -0.4 is 0 Å². The van der Waals surface area contributed by atoms with Crippen molar-refractivity contribution in [2.75, 3.05) is 0 Å². The number of nitrogens with zero attached hydrogens (tertiary/aromatic N) is 2. The number of benzene rings is 1. The maximum Gasteiger partial charge on any atom is 0.155 e. The van der Waals surface area contributed by atoms with Crippen LogP contribution in [0.1, 0.15) is 35.0 Å². The number of aryl methyl sites for hydroxylation is 2.